The molecule has 0 unspecified atom stereocenters. The number of methoxy groups -OCH3 is 2. The van der Waals surface area contributed by atoms with Gasteiger partial charge in [0.15, 0.2) is 0 Å². The van der Waals surface area contributed by atoms with Gasteiger partial charge in [-0.1, -0.05) is 12.1 Å². The Bertz CT molecular complexity index is 790. The van der Waals surface area contributed by atoms with Gasteiger partial charge in [-0.15, -0.1) is 0 Å². The molecule has 0 radical (unpaired) electrons. The van der Waals surface area contributed by atoms with Crippen molar-refractivity contribution in [2.45, 2.75) is 44.9 Å². The first-order valence-corrected chi connectivity index (χ1v) is 10.1. The van der Waals surface area contributed by atoms with Crippen LogP contribution >= 0.6 is 0 Å². The van der Waals surface area contributed by atoms with E-state index in [-0.39, 0.29) is 0 Å². The van der Waals surface area contributed by atoms with Gasteiger partial charge in [0.25, 0.3) is 0 Å². The number of rotatable bonds is 7. The number of hydrogen-bond acceptors (Lipinski definition) is 4. The lowest BCUT2D eigenvalue weighted by Crippen LogP contribution is -1.92. The fraction of sp³-hybridized carbons (Fsp3) is 0.500. The first-order valence-electron chi connectivity index (χ1n) is 10.1. The Kier molecular flexibility index (Phi) is 7.21. The summed E-state index contributed by atoms with van der Waals surface area (Å²) in [7, 11) is 3.45. The molecule has 2 aliphatic carbocycles. The van der Waals surface area contributed by atoms with Crippen LogP contribution in [0.15, 0.2) is 49.3 Å². The summed E-state index contributed by atoms with van der Waals surface area (Å²) in [6.45, 7) is 5.07. The van der Waals surface area contributed by atoms with Crippen molar-refractivity contribution in [1.29, 1.82) is 0 Å². The van der Waals surface area contributed by atoms with Gasteiger partial charge in [0.2, 0.25) is 0 Å². The van der Waals surface area contributed by atoms with Gasteiger partial charge in [-0.25, -0.2) is 0 Å². The fourth-order valence-electron chi connectivity index (χ4n) is 3.80. The number of aryl methyl sites for hydroxylation is 2. The summed E-state index contributed by atoms with van der Waals surface area (Å²) in [4.78, 5) is 8.43. The highest BCUT2D eigenvalue weighted by Gasteiger charge is 2.38. The van der Waals surface area contributed by atoms with Crippen molar-refractivity contribution in [2.75, 3.05) is 20.8 Å². The highest BCUT2D eigenvalue weighted by Crippen LogP contribution is 2.49. The van der Waals surface area contributed by atoms with Crippen molar-refractivity contribution in [1.82, 2.24) is 9.97 Å². The maximum Gasteiger partial charge on any atom is 0.0787 e. The second-order valence-corrected chi connectivity index (χ2v) is 8.05. The first-order chi connectivity index (χ1) is 13.6. The molecule has 0 saturated heterocycles. The van der Waals surface area contributed by atoms with E-state index in [2.05, 4.69) is 42.0 Å². The van der Waals surface area contributed by atoms with Crippen LogP contribution in [-0.2, 0) is 9.47 Å². The minimum absolute atomic E-state index is 0.651. The van der Waals surface area contributed by atoms with Crippen molar-refractivity contribution < 1.29 is 9.47 Å². The smallest absolute Gasteiger partial charge is 0.0787 e. The summed E-state index contributed by atoms with van der Waals surface area (Å²) < 4.78 is 9.99. The van der Waals surface area contributed by atoms with Gasteiger partial charge in [0.1, 0.15) is 0 Å². The van der Waals surface area contributed by atoms with E-state index in [4.69, 9.17) is 9.47 Å². The van der Waals surface area contributed by atoms with E-state index in [0.717, 1.165) is 18.4 Å². The average molecular weight is 381 g/mol. The third-order valence-electron chi connectivity index (χ3n) is 5.57. The molecule has 2 aliphatic rings. The maximum absolute atomic E-state index is 5.08. The Morgan fingerprint density at radius 2 is 1.57 bits per heavy atom. The summed E-state index contributed by atoms with van der Waals surface area (Å²) in [6, 6.07) is 4.47. The first kappa shape index (κ1) is 20.5. The monoisotopic (exact) mass is 380 g/mol. The van der Waals surface area contributed by atoms with Crippen molar-refractivity contribution in [3.05, 3.63) is 71.5 Å². The zero-order chi connectivity index (χ0) is 19.9. The molecule has 2 aromatic rings. The topological polar surface area (TPSA) is 44.2 Å². The molecule has 2 fully saturated rings. The Balaban J connectivity index is 0.000000161. The molecule has 2 saturated carbocycles. The number of pyridine rings is 2. The van der Waals surface area contributed by atoms with Crippen molar-refractivity contribution in [2.24, 2.45) is 11.8 Å². The molecule has 0 amide bonds. The van der Waals surface area contributed by atoms with Gasteiger partial charge in [-0.3, -0.25) is 9.97 Å². The number of hydrogen-bond donors (Lipinski definition) is 0. The van der Waals surface area contributed by atoms with Crippen molar-refractivity contribution in [3.8, 4) is 0 Å². The van der Waals surface area contributed by atoms with Crippen LogP contribution in [0.25, 0.3) is 0 Å². The quantitative estimate of drug-likeness (QED) is 0.621. The summed E-state index contributed by atoms with van der Waals surface area (Å²) in [5, 5.41) is 0. The number of allylic oxidation sites excluding steroid dienone is 1. The summed E-state index contributed by atoms with van der Waals surface area (Å²) >= 11 is 0. The Morgan fingerprint density at radius 3 is 2.14 bits per heavy atom. The summed E-state index contributed by atoms with van der Waals surface area (Å²) in [6.07, 6.45) is 15.4. The van der Waals surface area contributed by atoms with Crippen LogP contribution in [0.4, 0.5) is 0 Å². The highest BCUT2D eigenvalue weighted by molar-refractivity contribution is 5.28. The molecule has 0 aromatic carbocycles. The zero-order valence-electron chi connectivity index (χ0n) is 17.5. The molecule has 4 nitrogen and oxygen atoms in total. The molecule has 2 aromatic heterocycles. The van der Waals surface area contributed by atoms with Gasteiger partial charge in [-0.05, 0) is 85.1 Å². The molecule has 4 atom stereocenters. The van der Waals surface area contributed by atoms with E-state index in [9.17, 15) is 0 Å². The minimum Gasteiger partial charge on any atom is -0.505 e. The molecule has 0 spiro atoms. The second-order valence-electron chi connectivity index (χ2n) is 8.05. The SMILES string of the molecule is COC=C[C@H]1C[C@@H]1c1cncc(C)c1.COCC[C@H]1C[C@@H]1c1cncc(C)c1. The van der Waals surface area contributed by atoms with E-state index in [0.29, 0.717) is 11.8 Å². The summed E-state index contributed by atoms with van der Waals surface area (Å²) in [5.74, 6) is 2.89. The maximum atomic E-state index is 5.08. The van der Waals surface area contributed by atoms with E-state index < -0.39 is 0 Å². The Labute approximate surface area is 169 Å². The predicted octanol–water partition coefficient (Wildman–Crippen LogP) is 5.18. The molecule has 0 bridgehead atoms. The third-order valence-corrected chi connectivity index (χ3v) is 5.57. The Hall–Kier alpha value is -2.20. The van der Waals surface area contributed by atoms with Crippen LogP contribution < -0.4 is 0 Å². The lowest BCUT2D eigenvalue weighted by atomic mass is 10.1. The van der Waals surface area contributed by atoms with Crippen LogP contribution in [0.2, 0.25) is 0 Å². The average Bonchev–Trinajstić information content (AvgIpc) is 3.60. The van der Waals surface area contributed by atoms with Crippen LogP contribution in [0.1, 0.15) is 53.4 Å². The molecule has 150 valence electrons. The lowest BCUT2D eigenvalue weighted by Gasteiger charge is -2.01. The number of nitrogens with zero attached hydrogens (tertiary/aromatic N) is 2. The molecule has 0 N–H and O–H groups in total. The molecule has 4 rings (SSSR count). The fourth-order valence-corrected chi connectivity index (χ4v) is 3.80. The predicted molar refractivity (Wildman–Crippen MR) is 112 cm³/mol. The van der Waals surface area contributed by atoms with E-state index >= 15 is 0 Å². The van der Waals surface area contributed by atoms with Crippen LogP contribution in [0.3, 0.4) is 0 Å². The van der Waals surface area contributed by atoms with E-state index in [1.807, 2.05) is 24.8 Å². The van der Waals surface area contributed by atoms with Gasteiger partial charge < -0.3 is 9.47 Å². The van der Waals surface area contributed by atoms with Crippen molar-refractivity contribution in [3.63, 3.8) is 0 Å². The van der Waals surface area contributed by atoms with Crippen LogP contribution in [0.5, 0.6) is 0 Å². The third kappa shape index (κ3) is 5.90. The number of ether oxygens (including phenoxy) is 2. The molecule has 2 heterocycles. The van der Waals surface area contributed by atoms with Crippen LogP contribution in [0, 0.1) is 25.7 Å². The van der Waals surface area contributed by atoms with Crippen molar-refractivity contribution >= 4 is 0 Å². The van der Waals surface area contributed by atoms with Gasteiger partial charge in [0.05, 0.1) is 13.4 Å². The minimum atomic E-state index is 0.651. The molecular weight excluding hydrogens is 348 g/mol. The molecule has 28 heavy (non-hydrogen) atoms. The van der Waals surface area contributed by atoms with E-state index in [1.165, 1.54) is 41.5 Å². The summed E-state index contributed by atoms with van der Waals surface area (Å²) in [5.41, 5.74) is 5.27. The van der Waals surface area contributed by atoms with Gasteiger partial charge in [-0.2, -0.15) is 0 Å². The molecular formula is C24H32N2O2. The second kappa shape index (κ2) is 9.83. The number of aromatic nitrogens is 2. The zero-order valence-corrected chi connectivity index (χ0v) is 17.5. The van der Waals surface area contributed by atoms with Gasteiger partial charge in [0, 0.05) is 38.5 Å². The largest absolute Gasteiger partial charge is 0.505 e. The lowest BCUT2D eigenvalue weighted by molar-refractivity contribution is 0.189. The normalized spacial score (nSPS) is 25.1. The van der Waals surface area contributed by atoms with Gasteiger partial charge >= 0.3 is 0 Å². The van der Waals surface area contributed by atoms with Crippen LogP contribution in [-0.4, -0.2) is 30.8 Å². The standard InChI is InChI=1S/C12H17NO.C12H15NO/c2*1-9-5-11(8-13-7-9)12-6-10(12)3-4-14-2/h5,7-8,10,12H,3-4,6H2,1-2H3;3-5,7-8,10,12H,6H2,1-2H3/t2*10-,12-/m00/s1. The Morgan fingerprint density at radius 1 is 0.929 bits per heavy atom. The highest BCUT2D eigenvalue weighted by atomic mass is 16.5. The molecule has 4 heteroatoms. The molecule has 0 aliphatic heterocycles. The van der Waals surface area contributed by atoms with E-state index in [1.54, 1.807) is 20.5 Å².